The van der Waals surface area contributed by atoms with Gasteiger partial charge in [-0.1, -0.05) is 70.5 Å². The number of halogens is 1. The maximum atomic E-state index is 13.9. The maximum Gasteiger partial charge on any atom is 0.241 e. The van der Waals surface area contributed by atoms with E-state index in [-0.39, 0.29) is 30.1 Å². The first-order valence-corrected chi connectivity index (χ1v) is 10.7. The van der Waals surface area contributed by atoms with Crippen molar-refractivity contribution >= 4 is 33.4 Å². The van der Waals surface area contributed by atoms with Gasteiger partial charge >= 0.3 is 0 Å². The molecule has 142 valence electrons. The molecule has 2 bridgehead atoms. The van der Waals surface area contributed by atoms with Crippen molar-refractivity contribution in [3.8, 4) is 0 Å². The van der Waals surface area contributed by atoms with Crippen LogP contribution in [0.5, 0.6) is 0 Å². The first-order valence-electron chi connectivity index (χ1n) is 9.91. The van der Waals surface area contributed by atoms with Crippen LogP contribution in [0.3, 0.4) is 0 Å². The molecule has 2 amide bonds. The number of carbonyl (C=O) groups excluding carboxylic acids is 2. The minimum Gasteiger partial charge on any atom is -0.274 e. The smallest absolute Gasteiger partial charge is 0.241 e. The van der Waals surface area contributed by atoms with Gasteiger partial charge in [-0.3, -0.25) is 9.59 Å². The van der Waals surface area contributed by atoms with E-state index in [0.29, 0.717) is 12.1 Å². The average Bonchev–Trinajstić information content (AvgIpc) is 2.97. The molecule has 1 saturated heterocycles. The largest absolute Gasteiger partial charge is 0.274 e. The van der Waals surface area contributed by atoms with E-state index in [0.717, 1.165) is 4.47 Å². The van der Waals surface area contributed by atoms with Gasteiger partial charge in [0, 0.05) is 22.7 Å². The number of amides is 2. The molecule has 0 aromatic heterocycles. The molecule has 3 aromatic rings. The Balaban J connectivity index is 1.55. The molecule has 0 saturated carbocycles. The number of anilines is 1. The standard InChI is InChI=1S/C25H18BrNO2/c26-15-6-5-7-16(12-15)27-22(28)14-25(24(27)29)13-21-17-8-1-3-10-19(17)23(25)20-11-4-2-9-18(20)21/h1-12,21,23H,13-14H2/t21?,23?,25-/m0/s1. The van der Waals surface area contributed by atoms with Gasteiger partial charge in [-0.15, -0.1) is 0 Å². The van der Waals surface area contributed by atoms with E-state index in [9.17, 15) is 9.59 Å². The number of carbonyl (C=O) groups is 2. The molecular formula is C25H18BrNO2. The minimum atomic E-state index is -0.702. The Morgan fingerprint density at radius 1 is 0.828 bits per heavy atom. The van der Waals surface area contributed by atoms with E-state index in [2.05, 4.69) is 52.3 Å². The van der Waals surface area contributed by atoms with E-state index in [4.69, 9.17) is 0 Å². The van der Waals surface area contributed by atoms with Gasteiger partial charge in [0.05, 0.1) is 11.1 Å². The second-order valence-corrected chi connectivity index (χ2v) is 9.21. The second kappa shape index (κ2) is 5.90. The third-order valence-electron chi connectivity index (χ3n) is 6.90. The first-order chi connectivity index (χ1) is 14.1. The van der Waals surface area contributed by atoms with Crippen LogP contribution in [0.15, 0.2) is 77.3 Å². The summed E-state index contributed by atoms with van der Waals surface area (Å²) in [5, 5.41) is 0. The van der Waals surface area contributed by atoms with Gasteiger partial charge in [0.1, 0.15) is 0 Å². The van der Waals surface area contributed by atoms with Crippen LogP contribution in [-0.2, 0) is 9.59 Å². The molecule has 1 spiro atoms. The average molecular weight is 444 g/mol. The summed E-state index contributed by atoms with van der Waals surface area (Å²) < 4.78 is 0.859. The number of hydrogen-bond donors (Lipinski definition) is 0. The minimum absolute atomic E-state index is 0.0559. The number of hydrogen-bond acceptors (Lipinski definition) is 2. The van der Waals surface area contributed by atoms with Gasteiger partial charge in [-0.05, 0) is 46.9 Å². The summed E-state index contributed by atoms with van der Waals surface area (Å²) in [6.45, 7) is 0. The zero-order chi connectivity index (χ0) is 19.8. The summed E-state index contributed by atoms with van der Waals surface area (Å²) in [5.41, 5.74) is 4.98. The van der Waals surface area contributed by atoms with Crippen molar-refractivity contribution in [3.63, 3.8) is 0 Å². The van der Waals surface area contributed by atoms with E-state index >= 15 is 0 Å². The lowest BCUT2D eigenvalue weighted by molar-refractivity contribution is -0.127. The highest BCUT2D eigenvalue weighted by molar-refractivity contribution is 9.10. The monoisotopic (exact) mass is 443 g/mol. The van der Waals surface area contributed by atoms with E-state index in [1.54, 1.807) is 0 Å². The summed E-state index contributed by atoms with van der Waals surface area (Å²) in [6.07, 6.45) is 0.961. The quantitative estimate of drug-likeness (QED) is 0.473. The molecule has 3 nitrogen and oxygen atoms in total. The van der Waals surface area contributed by atoms with Crippen LogP contribution in [0, 0.1) is 5.41 Å². The maximum absolute atomic E-state index is 13.9. The molecule has 7 rings (SSSR count). The molecule has 1 atom stereocenters. The Morgan fingerprint density at radius 3 is 2.07 bits per heavy atom. The highest BCUT2D eigenvalue weighted by Crippen LogP contribution is 2.64. The highest BCUT2D eigenvalue weighted by Gasteiger charge is 2.62. The van der Waals surface area contributed by atoms with Crippen molar-refractivity contribution < 1.29 is 9.59 Å². The van der Waals surface area contributed by atoms with Gasteiger partial charge in [0.2, 0.25) is 11.8 Å². The molecule has 1 aliphatic heterocycles. The van der Waals surface area contributed by atoms with Crippen LogP contribution >= 0.6 is 15.9 Å². The molecule has 4 aliphatic rings. The molecule has 3 aromatic carbocycles. The van der Waals surface area contributed by atoms with Gasteiger partial charge in [0.25, 0.3) is 0 Å². The van der Waals surface area contributed by atoms with Crippen molar-refractivity contribution in [2.45, 2.75) is 24.7 Å². The summed E-state index contributed by atoms with van der Waals surface area (Å²) >= 11 is 3.46. The fourth-order valence-corrected chi connectivity index (χ4v) is 6.22. The molecule has 0 N–H and O–H groups in total. The summed E-state index contributed by atoms with van der Waals surface area (Å²) in [7, 11) is 0. The van der Waals surface area contributed by atoms with E-state index in [1.165, 1.54) is 27.2 Å². The van der Waals surface area contributed by atoms with Crippen LogP contribution in [0.25, 0.3) is 0 Å². The Bertz CT molecular complexity index is 1160. The van der Waals surface area contributed by atoms with Gasteiger partial charge in [-0.25, -0.2) is 4.90 Å². The molecule has 0 radical (unpaired) electrons. The fraction of sp³-hybridized carbons (Fsp3) is 0.200. The molecule has 1 heterocycles. The van der Waals surface area contributed by atoms with Crippen LogP contribution in [-0.4, -0.2) is 11.8 Å². The normalized spacial score (nSPS) is 26.7. The van der Waals surface area contributed by atoms with Crippen LogP contribution < -0.4 is 4.90 Å². The predicted molar refractivity (Wildman–Crippen MR) is 115 cm³/mol. The zero-order valence-corrected chi connectivity index (χ0v) is 17.2. The van der Waals surface area contributed by atoms with E-state index < -0.39 is 5.41 Å². The number of imide groups is 1. The molecule has 0 unspecified atom stereocenters. The summed E-state index contributed by atoms with van der Waals surface area (Å²) in [4.78, 5) is 28.5. The van der Waals surface area contributed by atoms with Crippen LogP contribution in [0.2, 0.25) is 0 Å². The third-order valence-corrected chi connectivity index (χ3v) is 7.39. The summed E-state index contributed by atoms with van der Waals surface area (Å²) in [6, 6.07) is 24.3. The SMILES string of the molecule is O=C1C[C@]2(CC3c4ccccc4C2c2ccccc23)C(=O)N1c1cccc(Br)c1. The Hall–Kier alpha value is -2.72. The topological polar surface area (TPSA) is 37.4 Å². The zero-order valence-electron chi connectivity index (χ0n) is 15.6. The fourth-order valence-electron chi connectivity index (χ4n) is 5.84. The van der Waals surface area contributed by atoms with Gasteiger partial charge < -0.3 is 0 Å². The van der Waals surface area contributed by atoms with Crippen molar-refractivity contribution in [3.05, 3.63) is 99.5 Å². The lowest BCUT2D eigenvalue weighted by Crippen LogP contribution is -2.47. The van der Waals surface area contributed by atoms with Crippen LogP contribution in [0.4, 0.5) is 5.69 Å². The van der Waals surface area contributed by atoms with Crippen molar-refractivity contribution in [1.29, 1.82) is 0 Å². The predicted octanol–water partition coefficient (Wildman–Crippen LogP) is 5.38. The lowest BCUT2D eigenvalue weighted by atomic mass is 9.51. The molecule has 29 heavy (non-hydrogen) atoms. The summed E-state index contributed by atoms with van der Waals surface area (Å²) in [5.74, 6) is -0.0738. The van der Waals surface area contributed by atoms with Crippen LogP contribution in [0.1, 0.15) is 46.9 Å². The van der Waals surface area contributed by atoms with Gasteiger partial charge in [0.15, 0.2) is 0 Å². The second-order valence-electron chi connectivity index (χ2n) is 8.29. The van der Waals surface area contributed by atoms with Gasteiger partial charge in [-0.2, -0.15) is 0 Å². The molecular weight excluding hydrogens is 426 g/mol. The Morgan fingerprint density at radius 2 is 1.45 bits per heavy atom. The molecule has 1 fully saturated rings. The van der Waals surface area contributed by atoms with E-state index in [1.807, 2.05) is 36.4 Å². The molecule has 3 aliphatic carbocycles. The van der Waals surface area contributed by atoms with Crippen molar-refractivity contribution in [1.82, 2.24) is 0 Å². The Labute approximate surface area is 177 Å². The number of benzene rings is 3. The first kappa shape index (κ1) is 17.2. The third kappa shape index (κ3) is 2.18. The number of nitrogens with zero attached hydrogens (tertiary/aromatic N) is 1. The lowest BCUT2D eigenvalue weighted by Gasteiger charge is -2.50. The van der Waals surface area contributed by atoms with Crippen molar-refractivity contribution in [2.75, 3.05) is 4.90 Å². The number of rotatable bonds is 1. The Kier molecular flexibility index (Phi) is 3.49. The highest BCUT2D eigenvalue weighted by atomic mass is 79.9. The van der Waals surface area contributed by atoms with Crippen molar-refractivity contribution in [2.24, 2.45) is 5.41 Å². The molecule has 4 heteroatoms.